The number of nitrogens with zero attached hydrogens (tertiary/aromatic N) is 3. The molecule has 0 spiro atoms. The SMILES string of the molecule is COc1ccc(S(=O)(=O)N(C)C[C@H]2Oc3ccc(N(C)C)cc3C(=O)N([C@@H](C)CO)C[C@@H]2C)cc1. The summed E-state index contributed by atoms with van der Waals surface area (Å²) in [6.45, 7) is 3.92. The largest absolute Gasteiger partial charge is 0.497 e. The number of benzene rings is 2. The highest BCUT2D eigenvalue weighted by Crippen LogP contribution is 2.31. The molecular weight excluding hydrogens is 470 g/mol. The summed E-state index contributed by atoms with van der Waals surface area (Å²) < 4.78 is 39.2. The molecule has 0 aliphatic carbocycles. The summed E-state index contributed by atoms with van der Waals surface area (Å²) in [6, 6.07) is 11.2. The zero-order valence-corrected chi connectivity index (χ0v) is 21.9. The van der Waals surface area contributed by atoms with Crippen LogP contribution < -0.4 is 14.4 Å². The maximum atomic E-state index is 13.4. The number of hydrogen-bond acceptors (Lipinski definition) is 7. The van der Waals surface area contributed by atoms with Gasteiger partial charge in [-0.2, -0.15) is 4.31 Å². The molecule has 1 aliphatic rings. The maximum absolute atomic E-state index is 13.4. The van der Waals surface area contributed by atoms with Crippen molar-refractivity contribution < 1.29 is 27.8 Å². The lowest BCUT2D eigenvalue weighted by Gasteiger charge is -2.38. The van der Waals surface area contributed by atoms with E-state index >= 15 is 0 Å². The molecule has 0 fully saturated rings. The van der Waals surface area contributed by atoms with Gasteiger partial charge in [-0.3, -0.25) is 4.79 Å². The van der Waals surface area contributed by atoms with E-state index in [9.17, 15) is 18.3 Å². The van der Waals surface area contributed by atoms with E-state index in [2.05, 4.69) is 0 Å². The van der Waals surface area contributed by atoms with Gasteiger partial charge in [0.2, 0.25) is 10.0 Å². The van der Waals surface area contributed by atoms with Crippen LogP contribution in [0.1, 0.15) is 24.2 Å². The first-order chi connectivity index (χ1) is 16.5. The smallest absolute Gasteiger partial charge is 0.258 e. The second-order valence-corrected chi connectivity index (χ2v) is 11.2. The number of hydrogen-bond donors (Lipinski definition) is 1. The Morgan fingerprint density at radius 2 is 1.83 bits per heavy atom. The quantitative estimate of drug-likeness (QED) is 0.588. The molecular formula is C25H35N3O6S. The third-order valence-corrected chi connectivity index (χ3v) is 8.21. The fourth-order valence-corrected chi connectivity index (χ4v) is 5.17. The molecule has 0 bridgehead atoms. The van der Waals surface area contributed by atoms with E-state index in [1.165, 1.54) is 30.6 Å². The van der Waals surface area contributed by atoms with Gasteiger partial charge >= 0.3 is 0 Å². The van der Waals surface area contributed by atoms with E-state index in [1.54, 1.807) is 36.1 Å². The standard InChI is InChI=1S/C25H35N3O6S/c1-17-14-28(18(2)16-29)25(30)22-13-19(26(3)4)7-12-23(22)34-24(17)15-27(5)35(31,32)21-10-8-20(33-6)9-11-21/h7-13,17-18,24,29H,14-16H2,1-6H3/t17-,18-,24+/m0/s1. The number of aliphatic hydroxyl groups is 1. The van der Waals surface area contributed by atoms with Crippen molar-refractivity contribution in [3.05, 3.63) is 48.0 Å². The van der Waals surface area contributed by atoms with Crippen LogP contribution in [0, 0.1) is 5.92 Å². The van der Waals surface area contributed by atoms with Crippen molar-refractivity contribution >= 4 is 21.6 Å². The predicted octanol–water partition coefficient (Wildman–Crippen LogP) is 2.30. The zero-order valence-electron chi connectivity index (χ0n) is 21.1. The Morgan fingerprint density at radius 1 is 1.17 bits per heavy atom. The van der Waals surface area contributed by atoms with Gasteiger partial charge in [0.1, 0.15) is 17.6 Å². The second-order valence-electron chi connectivity index (χ2n) is 9.16. The first-order valence-corrected chi connectivity index (χ1v) is 12.9. The first kappa shape index (κ1) is 26.8. The summed E-state index contributed by atoms with van der Waals surface area (Å²) >= 11 is 0. The molecule has 1 heterocycles. The van der Waals surface area contributed by atoms with Gasteiger partial charge in [-0.1, -0.05) is 6.92 Å². The van der Waals surface area contributed by atoms with E-state index < -0.39 is 22.2 Å². The number of carbonyl (C=O) groups excluding carboxylic acids is 1. The highest BCUT2D eigenvalue weighted by Gasteiger charge is 2.35. The highest BCUT2D eigenvalue weighted by molar-refractivity contribution is 7.89. The van der Waals surface area contributed by atoms with Crippen LogP contribution in [0.25, 0.3) is 0 Å². The molecule has 3 rings (SSSR count). The monoisotopic (exact) mass is 505 g/mol. The van der Waals surface area contributed by atoms with Gasteiger partial charge in [-0.05, 0) is 49.4 Å². The number of sulfonamides is 1. The van der Waals surface area contributed by atoms with E-state index in [0.717, 1.165) is 5.69 Å². The molecule has 1 amide bonds. The lowest BCUT2D eigenvalue weighted by atomic mass is 9.99. The molecule has 1 aliphatic heterocycles. The normalized spacial score (nSPS) is 19.4. The number of rotatable bonds is 8. The van der Waals surface area contributed by atoms with Crippen molar-refractivity contribution in [3.63, 3.8) is 0 Å². The van der Waals surface area contributed by atoms with Crippen LogP contribution in [0.5, 0.6) is 11.5 Å². The molecule has 2 aromatic carbocycles. The predicted molar refractivity (Wildman–Crippen MR) is 135 cm³/mol. The summed E-state index contributed by atoms with van der Waals surface area (Å²) in [4.78, 5) is 17.1. The van der Waals surface area contributed by atoms with Crippen molar-refractivity contribution in [2.75, 3.05) is 52.8 Å². The summed E-state index contributed by atoms with van der Waals surface area (Å²) in [5.41, 5.74) is 1.22. The van der Waals surface area contributed by atoms with Crippen LogP contribution in [0.2, 0.25) is 0 Å². The van der Waals surface area contributed by atoms with E-state index in [1.807, 2.05) is 32.0 Å². The van der Waals surface area contributed by atoms with Gasteiger partial charge in [0.25, 0.3) is 5.91 Å². The Labute approximate surface area is 207 Å². The fraction of sp³-hybridized carbons (Fsp3) is 0.480. The third-order valence-electron chi connectivity index (χ3n) is 6.37. The third kappa shape index (κ3) is 5.71. The summed E-state index contributed by atoms with van der Waals surface area (Å²) in [5.74, 6) is 0.528. The van der Waals surface area contributed by atoms with Crippen molar-refractivity contribution in [1.82, 2.24) is 9.21 Å². The van der Waals surface area contributed by atoms with Gasteiger partial charge in [0.05, 0.1) is 36.8 Å². The zero-order chi connectivity index (χ0) is 25.9. The van der Waals surface area contributed by atoms with E-state index in [-0.39, 0.29) is 29.9 Å². The summed E-state index contributed by atoms with van der Waals surface area (Å²) in [6.07, 6.45) is -0.529. The number of anilines is 1. The van der Waals surface area contributed by atoms with Crippen molar-refractivity contribution in [2.24, 2.45) is 5.92 Å². The van der Waals surface area contributed by atoms with E-state index in [0.29, 0.717) is 23.6 Å². The Bertz CT molecular complexity index is 1140. The van der Waals surface area contributed by atoms with Gasteiger partial charge < -0.3 is 24.4 Å². The number of fused-ring (bicyclic) bond motifs is 1. The lowest BCUT2D eigenvalue weighted by molar-refractivity contribution is 0.0387. The number of aliphatic hydroxyl groups excluding tert-OH is 1. The summed E-state index contributed by atoms with van der Waals surface area (Å²) in [5, 5.41) is 9.80. The van der Waals surface area contributed by atoms with Crippen molar-refractivity contribution in [2.45, 2.75) is 30.9 Å². The van der Waals surface area contributed by atoms with Crippen LogP contribution in [0.3, 0.4) is 0 Å². The van der Waals surface area contributed by atoms with Crippen molar-refractivity contribution in [3.8, 4) is 11.5 Å². The Kier molecular flexibility index (Phi) is 8.30. The van der Waals surface area contributed by atoms with Crippen LogP contribution in [-0.2, 0) is 10.0 Å². The van der Waals surface area contributed by atoms with Gasteiger partial charge in [-0.15, -0.1) is 0 Å². The van der Waals surface area contributed by atoms with Crippen LogP contribution in [0.15, 0.2) is 47.4 Å². The Hall–Kier alpha value is -2.82. The molecule has 3 atom stereocenters. The number of carbonyl (C=O) groups is 1. The number of methoxy groups -OCH3 is 1. The minimum Gasteiger partial charge on any atom is -0.497 e. The molecule has 0 aromatic heterocycles. The van der Waals surface area contributed by atoms with Crippen LogP contribution >= 0.6 is 0 Å². The average molecular weight is 506 g/mol. The van der Waals surface area contributed by atoms with Gasteiger partial charge in [-0.25, -0.2) is 8.42 Å². The average Bonchev–Trinajstić information content (AvgIpc) is 2.85. The Balaban J connectivity index is 1.95. The van der Waals surface area contributed by atoms with Crippen molar-refractivity contribution in [1.29, 1.82) is 0 Å². The molecule has 0 unspecified atom stereocenters. The fourth-order valence-electron chi connectivity index (χ4n) is 3.99. The maximum Gasteiger partial charge on any atom is 0.258 e. The molecule has 192 valence electrons. The molecule has 0 radical (unpaired) electrons. The Morgan fingerprint density at radius 3 is 2.40 bits per heavy atom. The van der Waals surface area contributed by atoms with Crippen LogP contribution in [-0.4, -0.2) is 88.7 Å². The second kappa shape index (κ2) is 10.8. The van der Waals surface area contributed by atoms with Gasteiger partial charge in [0, 0.05) is 39.3 Å². The van der Waals surface area contributed by atoms with Gasteiger partial charge in [0.15, 0.2) is 0 Å². The minimum absolute atomic E-state index is 0.0833. The van der Waals surface area contributed by atoms with Crippen LogP contribution in [0.4, 0.5) is 5.69 Å². The molecule has 9 nitrogen and oxygen atoms in total. The number of likely N-dealkylation sites (N-methyl/N-ethyl adjacent to an activating group) is 1. The molecule has 0 saturated carbocycles. The molecule has 0 saturated heterocycles. The minimum atomic E-state index is -3.78. The number of ether oxygens (including phenoxy) is 2. The molecule has 2 aromatic rings. The topological polar surface area (TPSA) is 99.6 Å². The highest BCUT2D eigenvalue weighted by atomic mass is 32.2. The molecule has 10 heteroatoms. The molecule has 1 N–H and O–H groups in total. The summed E-state index contributed by atoms with van der Waals surface area (Å²) in [7, 11) is 3.03. The molecule has 35 heavy (non-hydrogen) atoms. The lowest BCUT2D eigenvalue weighted by Crippen LogP contribution is -2.50. The first-order valence-electron chi connectivity index (χ1n) is 11.5. The number of amides is 1. The van der Waals surface area contributed by atoms with E-state index in [4.69, 9.17) is 9.47 Å².